The lowest BCUT2D eigenvalue weighted by atomic mass is 10.1. The SMILES string of the molecule is Cc1cccc(C)c1NCC(=O)NCc1nc(C2CC2)no1. The lowest BCUT2D eigenvalue weighted by Gasteiger charge is -2.12. The van der Waals surface area contributed by atoms with Gasteiger partial charge in [-0.2, -0.15) is 4.98 Å². The molecule has 116 valence electrons. The summed E-state index contributed by atoms with van der Waals surface area (Å²) in [5.74, 6) is 1.58. The van der Waals surface area contributed by atoms with Crippen molar-refractivity contribution in [3.8, 4) is 0 Å². The molecular weight excluding hydrogens is 280 g/mol. The lowest BCUT2D eigenvalue weighted by molar-refractivity contribution is -0.119. The molecule has 1 amide bonds. The van der Waals surface area contributed by atoms with Crippen LogP contribution in [0.1, 0.15) is 41.6 Å². The standard InChI is InChI=1S/C16H20N4O2/c1-10-4-3-5-11(2)15(10)18-8-13(21)17-9-14-19-16(20-22-14)12-6-7-12/h3-5,12,18H,6-9H2,1-2H3,(H,17,21). The Morgan fingerprint density at radius 3 is 2.73 bits per heavy atom. The van der Waals surface area contributed by atoms with Crippen molar-refractivity contribution in [3.63, 3.8) is 0 Å². The minimum absolute atomic E-state index is 0.103. The zero-order valence-corrected chi connectivity index (χ0v) is 12.8. The molecule has 2 N–H and O–H groups in total. The van der Waals surface area contributed by atoms with Gasteiger partial charge in [-0.15, -0.1) is 0 Å². The largest absolute Gasteiger partial charge is 0.376 e. The summed E-state index contributed by atoms with van der Waals surface area (Å²) in [5.41, 5.74) is 3.25. The molecule has 6 nitrogen and oxygen atoms in total. The van der Waals surface area contributed by atoms with E-state index in [1.54, 1.807) is 0 Å². The number of anilines is 1. The van der Waals surface area contributed by atoms with Gasteiger partial charge in [-0.05, 0) is 37.8 Å². The number of hydrogen-bond acceptors (Lipinski definition) is 5. The predicted molar refractivity (Wildman–Crippen MR) is 82.5 cm³/mol. The monoisotopic (exact) mass is 300 g/mol. The van der Waals surface area contributed by atoms with Crippen LogP contribution in [0.4, 0.5) is 5.69 Å². The Bertz CT molecular complexity index is 656. The number of benzene rings is 1. The van der Waals surface area contributed by atoms with Crippen LogP contribution in [0.3, 0.4) is 0 Å². The quantitative estimate of drug-likeness (QED) is 0.855. The van der Waals surface area contributed by atoms with Gasteiger partial charge in [0.2, 0.25) is 11.8 Å². The summed E-state index contributed by atoms with van der Waals surface area (Å²) in [4.78, 5) is 16.2. The van der Waals surface area contributed by atoms with Gasteiger partial charge in [0.15, 0.2) is 5.82 Å². The van der Waals surface area contributed by atoms with E-state index in [0.29, 0.717) is 11.8 Å². The van der Waals surface area contributed by atoms with Gasteiger partial charge < -0.3 is 15.2 Å². The molecule has 6 heteroatoms. The average molecular weight is 300 g/mol. The summed E-state index contributed by atoms with van der Waals surface area (Å²) in [5, 5.41) is 9.87. The average Bonchev–Trinajstić information content (AvgIpc) is 3.23. The van der Waals surface area contributed by atoms with Gasteiger partial charge in [-0.25, -0.2) is 0 Å². The summed E-state index contributed by atoms with van der Waals surface area (Å²) < 4.78 is 5.12. The number of aromatic nitrogens is 2. The molecule has 0 spiro atoms. The Kier molecular flexibility index (Phi) is 4.09. The van der Waals surface area contributed by atoms with E-state index in [1.165, 1.54) is 0 Å². The van der Waals surface area contributed by atoms with Crippen molar-refractivity contribution in [2.45, 2.75) is 39.2 Å². The highest BCUT2D eigenvalue weighted by molar-refractivity contribution is 5.81. The Labute approximate surface area is 129 Å². The second-order valence-corrected chi connectivity index (χ2v) is 5.72. The third-order valence-corrected chi connectivity index (χ3v) is 3.77. The van der Waals surface area contributed by atoms with Gasteiger partial charge in [0.1, 0.15) is 0 Å². The van der Waals surface area contributed by atoms with Crippen molar-refractivity contribution in [1.29, 1.82) is 0 Å². The molecule has 0 bridgehead atoms. The predicted octanol–water partition coefficient (Wildman–Crippen LogP) is 2.29. The van der Waals surface area contributed by atoms with Gasteiger partial charge >= 0.3 is 0 Å². The maximum Gasteiger partial charge on any atom is 0.246 e. The number of rotatable bonds is 6. The molecule has 1 aliphatic carbocycles. The summed E-state index contributed by atoms with van der Waals surface area (Å²) in [6.45, 7) is 4.53. The fourth-order valence-electron chi connectivity index (χ4n) is 2.35. The molecule has 0 unspecified atom stereocenters. The van der Waals surface area contributed by atoms with E-state index in [2.05, 4.69) is 20.8 Å². The van der Waals surface area contributed by atoms with Crippen molar-refractivity contribution < 1.29 is 9.32 Å². The summed E-state index contributed by atoms with van der Waals surface area (Å²) >= 11 is 0. The number of nitrogens with one attached hydrogen (secondary N) is 2. The molecule has 0 aliphatic heterocycles. The first-order valence-corrected chi connectivity index (χ1v) is 7.53. The lowest BCUT2D eigenvalue weighted by Crippen LogP contribution is -2.29. The molecule has 1 aliphatic rings. The van der Waals surface area contributed by atoms with E-state index in [1.807, 2.05) is 32.0 Å². The number of aryl methyl sites for hydroxylation is 2. The van der Waals surface area contributed by atoms with Gasteiger partial charge in [0.25, 0.3) is 0 Å². The Hall–Kier alpha value is -2.37. The number of carbonyl (C=O) groups excluding carboxylic acids is 1. The van der Waals surface area contributed by atoms with E-state index in [-0.39, 0.29) is 19.0 Å². The maximum absolute atomic E-state index is 11.9. The fourth-order valence-corrected chi connectivity index (χ4v) is 2.35. The van der Waals surface area contributed by atoms with E-state index in [9.17, 15) is 4.79 Å². The van der Waals surface area contributed by atoms with Crippen LogP contribution >= 0.6 is 0 Å². The second-order valence-electron chi connectivity index (χ2n) is 5.72. The van der Waals surface area contributed by atoms with E-state index in [0.717, 1.165) is 35.5 Å². The molecule has 0 atom stereocenters. The third-order valence-electron chi connectivity index (χ3n) is 3.77. The first kappa shape index (κ1) is 14.6. The van der Waals surface area contributed by atoms with Crippen molar-refractivity contribution in [1.82, 2.24) is 15.5 Å². The number of nitrogens with zero attached hydrogens (tertiary/aromatic N) is 2. The van der Waals surface area contributed by atoms with Crippen LogP contribution in [-0.4, -0.2) is 22.6 Å². The molecule has 0 saturated heterocycles. The van der Waals surface area contributed by atoms with Crippen LogP contribution in [0.25, 0.3) is 0 Å². The van der Waals surface area contributed by atoms with Gasteiger partial charge in [-0.3, -0.25) is 4.79 Å². The zero-order valence-electron chi connectivity index (χ0n) is 12.8. The molecule has 1 heterocycles. The zero-order chi connectivity index (χ0) is 15.5. The molecule has 1 saturated carbocycles. The Morgan fingerprint density at radius 2 is 2.05 bits per heavy atom. The minimum Gasteiger partial charge on any atom is -0.376 e. The molecule has 1 aromatic heterocycles. The van der Waals surface area contributed by atoms with E-state index >= 15 is 0 Å². The van der Waals surface area contributed by atoms with Gasteiger partial charge in [0.05, 0.1) is 13.1 Å². The van der Waals surface area contributed by atoms with E-state index < -0.39 is 0 Å². The van der Waals surface area contributed by atoms with Crippen molar-refractivity contribution in [2.75, 3.05) is 11.9 Å². The first-order chi connectivity index (χ1) is 10.6. The molecule has 3 rings (SSSR count). The highest BCUT2D eigenvalue weighted by Gasteiger charge is 2.28. The number of amides is 1. The first-order valence-electron chi connectivity index (χ1n) is 7.53. The van der Waals surface area contributed by atoms with Crippen molar-refractivity contribution in [2.24, 2.45) is 0 Å². The third kappa shape index (κ3) is 3.44. The Balaban J connectivity index is 1.47. The summed E-state index contributed by atoms with van der Waals surface area (Å²) in [7, 11) is 0. The summed E-state index contributed by atoms with van der Waals surface area (Å²) in [6.07, 6.45) is 2.26. The van der Waals surface area contributed by atoms with Crippen LogP contribution in [-0.2, 0) is 11.3 Å². The molecule has 1 aromatic carbocycles. The van der Waals surface area contributed by atoms with Crippen LogP contribution in [0.15, 0.2) is 22.7 Å². The number of hydrogen-bond donors (Lipinski definition) is 2. The van der Waals surface area contributed by atoms with Crippen molar-refractivity contribution in [3.05, 3.63) is 41.0 Å². The van der Waals surface area contributed by atoms with Crippen LogP contribution < -0.4 is 10.6 Å². The Morgan fingerprint density at radius 1 is 1.32 bits per heavy atom. The highest BCUT2D eigenvalue weighted by Crippen LogP contribution is 2.38. The molecule has 0 radical (unpaired) electrons. The van der Waals surface area contributed by atoms with Crippen LogP contribution in [0.5, 0.6) is 0 Å². The van der Waals surface area contributed by atoms with Gasteiger partial charge in [-0.1, -0.05) is 23.4 Å². The second kappa shape index (κ2) is 6.17. The van der Waals surface area contributed by atoms with Gasteiger partial charge in [0, 0.05) is 11.6 Å². The normalized spacial score (nSPS) is 13.9. The highest BCUT2D eigenvalue weighted by atomic mass is 16.5. The van der Waals surface area contributed by atoms with Crippen LogP contribution in [0, 0.1) is 13.8 Å². The fraction of sp³-hybridized carbons (Fsp3) is 0.438. The topological polar surface area (TPSA) is 80.0 Å². The maximum atomic E-state index is 11.9. The molecule has 22 heavy (non-hydrogen) atoms. The molecular formula is C16H20N4O2. The minimum atomic E-state index is -0.103. The van der Waals surface area contributed by atoms with Crippen molar-refractivity contribution >= 4 is 11.6 Å². The summed E-state index contributed by atoms with van der Waals surface area (Å²) in [6, 6.07) is 6.04. The molecule has 1 fully saturated rings. The van der Waals surface area contributed by atoms with Crippen LogP contribution in [0.2, 0.25) is 0 Å². The number of para-hydroxylation sites is 1. The van der Waals surface area contributed by atoms with E-state index in [4.69, 9.17) is 4.52 Å². The molecule has 2 aromatic rings. The smallest absolute Gasteiger partial charge is 0.246 e. The number of carbonyl (C=O) groups is 1.